The van der Waals surface area contributed by atoms with Gasteiger partial charge in [0.15, 0.2) is 0 Å². The minimum Gasteiger partial charge on any atom is -0.508 e. The van der Waals surface area contributed by atoms with Gasteiger partial charge in [-0.25, -0.2) is 14.1 Å². The number of benzene rings is 3. The number of aryl methyl sites for hydroxylation is 1. The maximum atomic E-state index is 14.5. The Morgan fingerprint density at radius 3 is 2.37 bits per heavy atom. The number of aromatic hydroxyl groups is 1. The van der Waals surface area contributed by atoms with Crippen molar-refractivity contribution >= 4 is 52.6 Å². The third-order valence-corrected chi connectivity index (χ3v) is 10.6. The van der Waals surface area contributed by atoms with Crippen LogP contribution in [0.15, 0.2) is 72.3 Å². The number of carboxylic acid groups (broad SMARTS) is 1. The third-order valence-electron chi connectivity index (χ3n) is 10.3. The van der Waals surface area contributed by atoms with Crippen LogP contribution in [0.5, 0.6) is 5.75 Å². The second kappa shape index (κ2) is 10.3. The second-order valence-electron chi connectivity index (χ2n) is 12.7. The number of nitrogens with zero attached hydrogens (tertiary/aromatic N) is 2. The molecule has 0 bridgehead atoms. The van der Waals surface area contributed by atoms with E-state index in [1.165, 1.54) is 42.5 Å². The molecule has 9 nitrogen and oxygen atoms in total. The third kappa shape index (κ3) is 4.09. The smallest absolute Gasteiger partial charge is 0.335 e. The molecule has 234 valence electrons. The number of rotatable bonds is 4. The molecule has 7 rings (SSSR count). The highest BCUT2D eigenvalue weighted by Gasteiger charge is 2.67. The first kappa shape index (κ1) is 29.9. The van der Waals surface area contributed by atoms with E-state index in [0.717, 1.165) is 21.4 Å². The number of halogens is 2. The Morgan fingerprint density at radius 1 is 0.935 bits per heavy atom. The highest BCUT2D eigenvalue weighted by molar-refractivity contribution is 6.32. The van der Waals surface area contributed by atoms with Crippen LogP contribution >= 0.6 is 11.6 Å². The minimum absolute atomic E-state index is 0.0581. The molecule has 3 fully saturated rings. The fourth-order valence-corrected chi connectivity index (χ4v) is 8.33. The van der Waals surface area contributed by atoms with Gasteiger partial charge in [-0.2, -0.15) is 0 Å². The van der Waals surface area contributed by atoms with E-state index in [2.05, 4.69) is 0 Å². The molecule has 2 aliphatic heterocycles. The molecule has 3 aromatic rings. The summed E-state index contributed by atoms with van der Waals surface area (Å²) < 4.78 is 14.1. The molecule has 0 radical (unpaired) electrons. The van der Waals surface area contributed by atoms with Crippen LogP contribution in [0.3, 0.4) is 0 Å². The zero-order valence-electron chi connectivity index (χ0n) is 24.7. The Labute approximate surface area is 267 Å². The number of hydrogen-bond acceptors (Lipinski definition) is 6. The van der Waals surface area contributed by atoms with E-state index in [9.17, 15) is 38.6 Å². The van der Waals surface area contributed by atoms with Crippen LogP contribution in [0.2, 0.25) is 5.02 Å². The number of anilines is 2. The van der Waals surface area contributed by atoms with Gasteiger partial charge in [0.2, 0.25) is 23.6 Å². The maximum Gasteiger partial charge on any atom is 0.335 e. The zero-order valence-corrected chi connectivity index (χ0v) is 25.5. The van der Waals surface area contributed by atoms with Crippen LogP contribution in [-0.4, -0.2) is 39.8 Å². The predicted molar refractivity (Wildman–Crippen MR) is 165 cm³/mol. The van der Waals surface area contributed by atoms with Crippen LogP contribution in [0, 0.1) is 41.8 Å². The highest BCUT2D eigenvalue weighted by Crippen LogP contribution is 2.64. The number of imide groups is 2. The summed E-state index contributed by atoms with van der Waals surface area (Å²) >= 11 is 6.05. The molecule has 0 aromatic heterocycles. The lowest BCUT2D eigenvalue weighted by atomic mass is 9.51. The Hall–Kier alpha value is -4.83. The number of hydrogen-bond donors (Lipinski definition) is 2. The van der Waals surface area contributed by atoms with Crippen molar-refractivity contribution in [2.75, 3.05) is 9.80 Å². The lowest BCUT2D eigenvalue weighted by Gasteiger charge is -2.49. The van der Waals surface area contributed by atoms with Gasteiger partial charge >= 0.3 is 5.97 Å². The van der Waals surface area contributed by atoms with Crippen molar-refractivity contribution in [2.24, 2.45) is 29.1 Å². The van der Waals surface area contributed by atoms with Crippen molar-refractivity contribution in [2.45, 2.75) is 32.6 Å². The summed E-state index contributed by atoms with van der Waals surface area (Å²) in [5.41, 5.74) is 0.876. The molecule has 2 aliphatic carbocycles. The molecule has 2 heterocycles. The van der Waals surface area contributed by atoms with Crippen LogP contribution < -0.4 is 9.80 Å². The number of carbonyl (C=O) groups excluding carboxylic acids is 4. The maximum absolute atomic E-state index is 14.5. The first-order chi connectivity index (χ1) is 21.8. The molecule has 1 saturated carbocycles. The van der Waals surface area contributed by atoms with Gasteiger partial charge in [-0.3, -0.25) is 24.1 Å². The Kier molecular flexibility index (Phi) is 6.72. The van der Waals surface area contributed by atoms with Crippen LogP contribution in [-0.2, 0) is 19.2 Å². The Morgan fingerprint density at radius 2 is 1.67 bits per heavy atom. The normalized spacial score (nSPS) is 28.6. The van der Waals surface area contributed by atoms with Crippen LogP contribution in [0.25, 0.3) is 0 Å². The number of phenolic OH excluding ortho intramolecular Hbond substituents is 1. The summed E-state index contributed by atoms with van der Waals surface area (Å²) in [6, 6.07) is 14.3. The van der Waals surface area contributed by atoms with Crippen molar-refractivity contribution in [3.8, 4) is 5.75 Å². The SMILES string of the molecule is Cc1cc([C@H]2C3=CC[C@@H]4C(=O)N(c5cccc(C(=O)O)c5)C(=O)[C@@H]4[C@@H]3C[C@H]3C(=O)N(c4ccc(F)c(Cl)c4)C(=O)[C@@]23C)ccc1O. The molecule has 0 unspecified atom stereocenters. The summed E-state index contributed by atoms with van der Waals surface area (Å²) in [5, 5.41) is 19.6. The van der Waals surface area contributed by atoms with Gasteiger partial charge in [0.1, 0.15) is 11.6 Å². The van der Waals surface area contributed by atoms with Crippen molar-refractivity contribution < 1.29 is 38.6 Å². The second-order valence-corrected chi connectivity index (χ2v) is 13.1. The largest absolute Gasteiger partial charge is 0.508 e. The summed E-state index contributed by atoms with van der Waals surface area (Å²) in [6.07, 6.45) is 2.22. The van der Waals surface area contributed by atoms with Gasteiger partial charge in [0, 0.05) is 5.92 Å². The molecule has 3 aromatic carbocycles. The number of fused-ring (bicyclic) bond motifs is 4. The standard InChI is InChI=1S/C35H28ClFN2O7/c1-16-12-17(6-11-27(16)40)29-21-8-9-22-28(32(43)38(30(22)41)19-5-3-4-18(13-19)33(44)45)23(21)15-24-31(42)39(34(46)35(24,29)2)20-7-10-26(37)25(36)14-20/h3-8,10-14,22-24,28-29,40H,9,15H2,1-2H3,(H,44,45)/t22-,23+,24-,28-,29-,35+/m0/s1. The average Bonchev–Trinajstić information content (AvgIpc) is 3.39. The lowest BCUT2D eigenvalue weighted by Crippen LogP contribution is -2.48. The molecular weight excluding hydrogens is 615 g/mol. The van der Waals surface area contributed by atoms with Gasteiger partial charge in [0.05, 0.1) is 45.1 Å². The molecule has 2 N–H and O–H groups in total. The predicted octanol–water partition coefficient (Wildman–Crippen LogP) is 5.63. The first-order valence-corrected chi connectivity index (χ1v) is 15.3. The van der Waals surface area contributed by atoms with Crippen molar-refractivity contribution in [1.29, 1.82) is 0 Å². The van der Waals surface area contributed by atoms with E-state index in [0.29, 0.717) is 11.1 Å². The summed E-state index contributed by atoms with van der Waals surface area (Å²) in [7, 11) is 0. The number of amides is 4. The van der Waals surface area contributed by atoms with Crippen molar-refractivity contribution in [3.63, 3.8) is 0 Å². The molecule has 11 heteroatoms. The monoisotopic (exact) mass is 642 g/mol. The molecular formula is C35H28ClFN2O7. The number of carbonyl (C=O) groups is 5. The van der Waals surface area contributed by atoms with Gasteiger partial charge < -0.3 is 10.2 Å². The average molecular weight is 643 g/mol. The number of phenols is 1. The van der Waals surface area contributed by atoms with Gasteiger partial charge in [-0.15, -0.1) is 0 Å². The van der Waals surface area contributed by atoms with Gasteiger partial charge in [0.25, 0.3) is 0 Å². The molecule has 4 amide bonds. The fourth-order valence-electron chi connectivity index (χ4n) is 8.16. The Bertz CT molecular complexity index is 1940. The van der Waals surface area contributed by atoms with E-state index in [1.54, 1.807) is 26.0 Å². The van der Waals surface area contributed by atoms with E-state index in [1.807, 2.05) is 6.08 Å². The van der Waals surface area contributed by atoms with Crippen LogP contribution in [0.1, 0.15) is 47.2 Å². The summed E-state index contributed by atoms with van der Waals surface area (Å²) in [4.78, 5) is 70.4. The molecule has 2 saturated heterocycles. The van der Waals surface area contributed by atoms with Crippen molar-refractivity contribution in [3.05, 3.63) is 99.8 Å². The highest BCUT2D eigenvalue weighted by atomic mass is 35.5. The molecule has 0 spiro atoms. The quantitative estimate of drug-likeness (QED) is 0.279. The minimum atomic E-state index is -1.32. The topological polar surface area (TPSA) is 132 Å². The van der Waals surface area contributed by atoms with Gasteiger partial charge in [-0.05, 0) is 86.2 Å². The lowest BCUT2D eigenvalue weighted by molar-refractivity contribution is -0.131. The van der Waals surface area contributed by atoms with E-state index >= 15 is 0 Å². The van der Waals surface area contributed by atoms with E-state index in [4.69, 9.17) is 11.6 Å². The van der Waals surface area contributed by atoms with Crippen LogP contribution in [0.4, 0.5) is 15.8 Å². The number of carboxylic acids is 1. The number of allylic oxidation sites excluding steroid dienone is 2. The van der Waals surface area contributed by atoms with Gasteiger partial charge in [-0.1, -0.05) is 41.4 Å². The van der Waals surface area contributed by atoms with E-state index < -0.39 is 70.4 Å². The molecule has 4 aliphatic rings. The summed E-state index contributed by atoms with van der Waals surface area (Å²) in [6.45, 7) is 3.45. The van der Waals surface area contributed by atoms with Crippen molar-refractivity contribution in [1.82, 2.24) is 0 Å². The number of aromatic carboxylic acids is 1. The molecule has 6 atom stereocenters. The van der Waals surface area contributed by atoms with E-state index in [-0.39, 0.29) is 40.6 Å². The summed E-state index contributed by atoms with van der Waals surface area (Å²) in [5.74, 6) is -7.56. The molecule has 46 heavy (non-hydrogen) atoms. The first-order valence-electron chi connectivity index (χ1n) is 14.9. The fraction of sp³-hybridized carbons (Fsp3) is 0.286. The zero-order chi connectivity index (χ0) is 32.8. The Balaban J connectivity index is 1.36.